The maximum atomic E-state index is 12.2. The smallest absolute Gasteiger partial charge is 0.229 e. The van der Waals surface area contributed by atoms with Gasteiger partial charge < -0.3 is 10.6 Å². The number of hydrogen-bond donors (Lipinski definition) is 1. The van der Waals surface area contributed by atoms with Gasteiger partial charge in [0.1, 0.15) is 0 Å². The van der Waals surface area contributed by atoms with Gasteiger partial charge in [-0.3, -0.25) is 4.79 Å². The second kappa shape index (κ2) is 4.66. The summed E-state index contributed by atoms with van der Waals surface area (Å²) in [5.41, 5.74) is 6.88. The van der Waals surface area contributed by atoms with E-state index in [-0.39, 0.29) is 17.9 Å². The van der Waals surface area contributed by atoms with Crippen LogP contribution >= 0.6 is 0 Å². The molecule has 0 spiro atoms. The molecule has 1 saturated heterocycles. The van der Waals surface area contributed by atoms with Crippen LogP contribution in [0.1, 0.15) is 24.8 Å². The van der Waals surface area contributed by atoms with Crippen molar-refractivity contribution in [3.05, 3.63) is 35.9 Å². The molecular formula is C13H18N2O. The lowest BCUT2D eigenvalue weighted by Gasteiger charge is -2.20. The third kappa shape index (κ3) is 2.25. The molecule has 0 radical (unpaired) electrons. The molecule has 1 amide bonds. The first-order valence-electron chi connectivity index (χ1n) is 5.78. The number of benzene rings is 1. The molecule has 16 heavy (non-hydrogen) atoms. The molecule has 86 valence electrons. The van der Waals surface area contributed by atoms with E-state index in [0.29, 0.717) is 6.54 Å². The maximum Gasteiger partial charge on any atom is 0.229 e. The first-order chi connectivity index (χ1) is 7.68. The summed E-state index contributed by atoms with van der Waals surface area (Å²) < 4.78 is 0. The number of carbonyl (C=O) groups is 1. The highest BCUT2D eigenvalue weighted by molar-refractivity contribution is 5.83. The first-order valence-corrected chi connectivity index (χ1v) is 5.78. The number of hydrogen-bond acceptors (Lipinski definition) is 2. The lowest BCUT2D eigenvalue weighted by Crippen LogP contribution is -2.34. The number of amides is 1. The number of carbonyl (C=O) groups excluding carboxylic acids is 1. The van der Waals surface area contributed by atoms with E-state index in [2.05, 4.69) is 0 Å². The quantitative estimate of drug-likeness (QED) is 0.814. The molecule has 1 heterocycles. The van der Waals surface area contributed by atoms with Crippen LogP contribution in [0, 0.1) is 0 Å². The fourth-order valence-corrected chi connectivity index (χ4v) is 2.15. The summed E-state index contributed by atoms with van der Waals surface area (Å²) in [5.74, 6) is 0.130. The van der Waals surface area contributed by atoms with Gasteiger partial charge in [0.05, 0.1) is 5.92 Å². The van der Waals surface area contributed by atoms with Crippen LogP contribution in [0.4, 0.5) is 0 Å². The highest BCUT2D eigenvalue weighted by Gasteiger charge is 2.27. The van der Waals surface area contributed by atoms with Gasteiger partial charge in [0.25, 0.3) is 0 Å². The average Bonchev–Trinajstić information content (AvgIpc) is 2.75. The van der Waals surface area contributed by atoms with Gasteiger partial charge in [-0.2, -0.15) is 0 Å². The standard InChI is InChI=1S/C13H18N2O/c1-10(11-5-3-2-4-6-11)13(16)15-8-7-12(14)9-15/h2-6,10,12H,7-9,14H2,1H3/t10-,12+/m0/s1. The number of likely N-dealkylation sites (tertiary alicyclic amines) is 1. The van der Waals surface area contributed by atoms with Gasteiger partial charge in [0, 0.05) is 19.1 Å². The van der Waals surface area contributed by atoms with E-state index in [1.807, 2.05) is 42.2 Å². The van der Waals surface area contributed by atoms with Crippen LogP contribution in [-0.2, 0) is 4.79 Å². The predicted octanol–water partition coefficient (Wildman–Crippen LogP) is 1.35. The van der Waals surface area contributed by atoms with E-state index in [9.17, 15) is 4.79 Å². The van der Waals surface area contributed by atoms with Crippen LogP contribution in [0.15, 0.2) is 30.3 Å². The molecule has 2 atom stereocenters. The second-order valence-electron chi connectivity index (χ2n) is 4.47. The second-order valence-corrected chi connectivity index (χ2v) is 4.47. The van der Waals surface area contributed by atoms with E-state index < -0.39 is 0 Å². The molecular weight excluding hydrogens is 200 g/mol. The van der Waals surface area contributed by atoms with Crippen molar-refractivity contribution >= 4 is 5.91 Å². The van der Waals surface area contributed by atoms with E-state index in [1.54, 1.807) is 0 Å². The molecule has 1 aromatic rings. The Morgan fingerprint density at radius 3 is 2.69 bits per heavy atom. The molecule has 0 bridgehead atoms. The fourth-order valence-electron chi connectivity index (χ4n) is 2.15. The Bertz CT molecular complexity index is 363. The van der Waals surface area contributed by atoms with Gasteiger partial charge in [0.2, 0.25) is 5.91 Å². The molecule has 0 aromatic heterocycles. The highest BCUT2D eigenvalue weighted by Crippen LogP contribution is 2.20. The van der Waals surface area contributed by atoms with Crippen molar-refractivity contribution in [2.45, 2.75) is 25.3 Å². The van der Waals surface area contributed by atoms with Gasteiger partial charge in [-0.15, -0.1) is 0 Å². The normalized spacial score (nSPS) is 22.1. The lowest BCUT2D eigenvalue weighted by atomic mass is 10.00. The van der Waals surface area contributed by atoms with Crippen molar-refractivity contribution in [2.75, 3.05) is 13.1 Å². The lowest BCUT2D eigenvalue weighted by molar-refractivity contribution is -0.131. The zero-order valence-corrected chi connectivity index (χ0v) is 9.60. The molecule has 3 nitrogen and oxygen atoms in total. The van der Waals surface area contributed by atoms with E-state index >= 15 is 0 Å². The Hall–Kier alpha value is -1.35. The largest absolute Gasteiger partial charge is 0.341 e. The van der Waals surface area contributed by atoms with Crippen molar-refractivity contribution in [2.24, 2.45) is 5.73 Å². The monoisotopic (exact) mass is 218 g/mol. The molecule has 1 aromatic carbocycles. The minimum atomic E-state index is -0.0634. The van der Waals surface area contributed by atoms with Gasteiger partial charge >= 0.3 is 0 Å². The van der Waals surface area contributed by atoms with Crippen molar-refractivity contribution < 1.29 is 4.79 Å². The Morgan fingerprint density at radius 2 is 2.12 bits per heavy atom. The minimum absolute atomic E-state index is 0.0634. The summed E-state index contributed by atoms with van der Waals surface area (Å²) >= 11 is 0. The molecule has 0 aliphatic carbocycles. The zero-order chi connectivity index (χ0) is 11.5. The van der Waals surface area contributed by atoms with Crippen LogP contribution in [0.2, 0.25) is 0 Å². The van der Waals surface area contributed by atoms with E-state index in [4.69, 9.17) is 5.73 Å². The van der Waals surface area contributed by atoms with Gasteiger partial charge in [-0.25, -0.2) is 0 Å². The molecule has 3 heteroatoms. The molecule has 1 aliphatic heterocycles. The van der Waals surface area contributed by atoms with Gasteiger partial charge in [-0.1, -0.05) is 30.3 Å². The SMILES string of the molecule is C[C@H](C(=O)N1CC[C@@H](N)C1)c1ccccc1. The average molecular weight is 218 g/mol. The Labute approximate surface area is 96.2 Å². The van der Waals surface area contributed by atoms with Crippen molar-refractivity contribution in [3.63, 3.8) is 0 Å². The van der Waals surface area contributed by atoms with Crippen LogP contribution in [0.3, 0.4) is 0 Å². The summed E-state index contributed by atoms with van der Waals surface area (Å²) in [6.07, 6.45) is 0.924. The Kier molecular flexibility index (Phi) is 3.25. The first kappa shape index (κ1) is 11.1. The van der Waals surface area contributed by atoms with Gasteiger partial charge in [0.15, 0.2) is 0 Å². The highest BCUT2D eigenvalue weighted by atomic mass is 16.2. The molecule has 2 rings (SSSR count). The summed E-state index contributed by atoms with van der Waals surface area (Å²) in [7, 11) is 0. The molecule has 0 saturated carbocycles. The number of rotatable bonds is 2. The molecule has 0 unspecified atom stereocenters. The van der Waals surface area contributed by atoms with Crippen LogP contribution in [-0.4, -0.2) is 29.9 Å². The zero-order valence-electron chi connectivity index (χ0n) is 9.60. The Morgan fingerprint density at radius 1 is 1.44 bits per heavy atom. The van der Waals surface area contributed by atoms with Gasteiger partial charge in [-0.05, 0) is 18.9 Å². The molecule has 2 N–H and O–H groups in total. The predicted molar refractivity (Wildman–Crippen MR) is 64.0 cm³/mol. The van der Waals surface area contributed by atoms with Crippen molar-refractivity contribution in [3.8, 4) is 0 Å². The number of nitrogens with zero attached hydrogens (tertiary/aromatic N) is 1. The maximum absolute atomic E-state index is 12.2. The Balaban J connectivity index is 2.05. The topological polar surface area (TPSA) is 46.3 Å². The summed E-state index contributed by atoms with van der Waals surface area (Å²) in [5, 5.41) is 0. The van der Waals surface area contributed by atoms with Crippen LogP contribution in [0.25, 0.3) is 0 Å². The third-order valence-electron chi connectivity index (χ3n) is 3.21. The van der Waals surface area contributed by atoms with E-state index in [0.717, 1.165) is 18.5 Å². The van der Waals surface area contributed by atoms with Crippen LogP contribution in [0.5, 0.6) is 0 Å². The number of nitrogens with two attached hydrogens (primary N) is 1. The molecule has 1 fully saturated rings. The molecule has 1 aliphatic rings. The third-order valence-corrected chi connectivity index (χ3v) is 3.21. The van der Waals surface area contributed by atoms with Crippen molar-refractivity contribution in [1.29, 1.82) is 0 Å². The minimum Gasteiger partial charge on any atom is -0.341 e. The summed E-state index contributed by atoms with van der Waals surface area (Å²) in [6.45, 7) is 3.47. The van der Waals surface area contributed by atoms with Crippen LogP contribution < -0.4 is 5.73 Å². The fraction of sp³-hybridized carbons (Fsp3) is 0.462. The summed E-state index contributed by atoms with van der Waals surface area (Å²) in [4.78, 5) is 14.0. The van der Waals surface area contributed by atoms with Crippen molar-refractivity contribution in [1.82, 2.24) is 4.90 Å². The van der Waals surface area contributed by atoms with E-state index in [1.165, 1.54) is 0 Å². The summed E-state index contributed by atoms with van der Waals surface area (Å²) in [6, 6.07) is 10.1.